The zero-order valence-electron chi connectivity index (χ0n) is 20.2. The highest BCUT2D eigenvalue weighted by Gasteiger charge is 2.27. The van der Waals surface area contributed by atoms with Crippen molar-refractivity contribution in [3.63, 3.8) is 0 Å². The number of nitrogens with zero attached hydrogens (tertiary/aromatic N) is 2. The van der Waals surface area contributed by atoms with E-state index in [4.69, 9.17) is 4.74 Å². The number of carboxylic acids is 1. The van der Waals surface area contributed by atoms with Gasteiger partial charge in [-0.2, -0.15) is 5.10 Å². The lowest BCUT2D eigenvalue weighted by Crippen LogP contribution is -2.09. The predicted molar refractivity (Wildman–Crippen MR) is 133 cm³/mol. The fourth-order valence-electron chi connectivity index (χ4n) is 5.01. The number of carbonyl (C=O) groups is 1. The lowest BCUT2D eigenvalue weighted by Gasteiger charge is -2.21. The van der Waals surface area contributed by atoms with Gasteiger partial charge in [0, 0.05) is 34.6 Å². The first kappa shape index (κ1) is 23.8. The molecule has 0 aliphatic carbocycles. The van der Waals surface area contributed by atoms with Gasteiger partial charge < -0.3 is 14.4 Å². The number of unbranched alkanes of at least 4 members (excludes halogenated alkanes) is 1. The van der Waals surface area contributed by atoms with Gasteiger partial charge in [0.1, 0.15) is 0 Å². The molecule has 0 radical (unpaired) electrons. The fraction of sp³-hybridized carbons (Fsp3) is 0.407. The van der Waals surface area contributed by atoms with Gasteiger partial charge in [-0.1, -0.05) is 33.6 Å². The summed E-state index contributed by atoms with van der Waals surface area (Å²) in [5, 5.41) is 18.8. The third kappa shape index (κ3) is 4.39. The lowest BCUT2D eigenvalue weighted by atomic mass is 9.85. The number of aromatic nitrogens is 3. The summed E-state index contributed by atoms with van der Waals surface area (Å²) in [7, 11) is 1.46. The molecule has 4 aromatic rings. The molecule has 0 fully saturated rings. The van der Waals surface area contributed by atoms with Gasteiger partial charge in [-0.15, -0.1) is 0 Å². The Morgan fingerprint density at radius 3 is 2.71 bits per heavy atom. The first-order chi connectivity index (χ1) is 16.3. The molecule has 0 unspecified atom stereocenters. The average Bonchev–Trinajstić information content (AvgIpc) is 3.40. The molecule has 6 nitrogen and oxygen atoms in total. The van der Waals surface area contributed by atoms with Crippen LogP contribution in [0.15, 0.2) is 36.5 Å². The highest BCUT2D eigenvalue weighted by atomic mass is 19.1. The van der Waals surface area contributed by atoms with Crippen LogP contribution in [0.25, 0.3) is 27.5 Å². The third-order valence-electron chi connectivity index (χ3n) is 6.57. The molecule has 2 aromatic carbocycles. The van der Waals surface area contributed by atoms with E-state index < -0.39 is 11.8 Å². The van der Waals surface area contributed by atoms with Crippen molar-refractivity contribution in [1.82, 2.24) is 14.8 Å². The van der Waals surface area contributed by atoms with E-state index in [9.17, 15) is 14.3 Å². The van der Waals surface area contributed by atoms with Gasteiger partial charge in [-0.05, 0) is 54.5 Å². The van der Waals surface area contributed by atoms with Crippen molar-refractivity contribution in [2.45, 2.75) is 64.7 Å². The zero-order valence-corrected chi connectivity index (χ0v) is 20.2. The van der Waals surface area contributed by atoms with E-state index in [-0.39, 0.29) is 24.0 Å². The summed E-state index contributed by atoms with van der Waals surface area (Å²) in [6.07, 6.45) is 5.46. The van der Waals surface area contributed by atoms with Crippen molar-refractivity contribution in [2.24, 2.45) is 0 Å². The van der Waals surface area contributed by atoms with Crippen molar-refractivity contribution in [1.29, 1.82) is 0 Å². The maximum atomic E-state index is 14.3. The van der Waals surface area contributed by atoms with E-state index in [1.807, 2.05) is 0 Å². The normalized spacial score (nSPS) is 12.6. The quantitative estimate of drug-likeness (QED) is 0.266. The number of halogens is 1. The van der Waals surface area contributed by atoms with Crippen LogP contribution in [0, 0.1) is 5.82 Å². The summed E-state index contributed by atoms with van der Waals surface area (Å²) < 4.78 is 21.7. The highest BCUT2D eigenvalue weighted by molar-refractivity contribution is 5.99. The molecule has 2 N–H and O–H groups in total. The van der Waals surface area contributed by atoms with Crippen LogP contribution in [0.2, 0.25) is 0 Å². The number of methoxy groups -OCH3 is 1. The minimum absolute atomic E-state index is 0.0971. The van der Waals surface area contributed by atoms with Crippen LogP contribution >= 0.6 is 0 Å². The molecule has 0 bridgehead atoms. The van der Waals surface area contributed by atoms with E-state index >= 15 is 0 Å². The smallest absolute Gasteiger partial charge is 0.303 e. The summed E-state index contributed by atoms with van der Waals surface area (Å²) in [6, 6.07) is 9.15. The summed E-state index contributed by atoms with van der Waals surface area (Å²) in [5.41, 5.74) is 5.05. The van der Waals surface area contributed by atoms with Crippen molar-refractivity contribution < 1.29 is 19.0 Å². The maximum absolute atomic E-state index is 14.3. The van der Waals surface area contributed by atoms with E-state index in [0.29, 0.717) is 6.42 Å². The van der Waals surface area contributed by atoms with Gasteiger partial charge >= 0.3 is 5.97 Å². The summed E-state index contributed by atoms with van der Waals surface area (Å²) >= 11 is 0. The van der Waals surface area contributed by atoms with Crippen LogP contribution in [0.4, 0.5) is 4.39 Å². The topological polar surface area (TPSA) is 80.1 Å². The predicted octanol–water partition coefficient (Wildman–Crippen LogP) is 6.92. The summed E-state index contributed by atoms with van der Waals surface area (Å²) in [5.74, 6) is -0.749. The van der Waals surface area contributed by atoms with Crippen LogP contribution in [0.1, 0.15) is 76.0 Å². The Morgan fingerprint density at radius 1 is 1.24 bits per heavy atom. The molecule has 34 heavy (non-hydrogen) atoms. The van der Waals surface area contributed by atoms with E-state index in [1.165, 1.54) is 18.7 Å². The molecule has 7 heteroatoms. The van der Waals surface area contributed by atoms with E-state index in [0.717, 1.165) is 52.4 Å². The van der Waals surface area contributed by atoms with Crippen molar-refractivity contribution in [2.75, 3.05) is 7.11 Å². The SMILES string of the molecule is CCCC[C@H](CCC(=O)O)c1c(C(C)C)n(-c2ccc(F)c(OC)c2)c2cc3cn[nH]c3cc12. The van der Waals surface area contributed by atoms with Gasteiger partial charge in [0.15, 0.2) is 11.6 Å². The number of ether oxygens (including phenoxy) is 1. The first-order valence-electron chi connectivity index (χ1n) is 11.9. The standard InChI is InChI=1S/C27H32FN3O3/c1-5-6-7-17(8-11-25(32)33)26-20-14-22-18(15-29-30-22)12-23(20)31(27(26)16(2)3)19-9-10-21(28)24(13-19)34-4/h9-10,12-17H,5-8,11H2,1-4H3,(H,29,30)(H,32,33)/t17-/m1/s1. The number of aliphatic carboxylic acids is 1. The van der Waals surface area contributed by atoms with E-state index in [2.05, 4.69) is 47.7 Å². The highest BCUT2D eigenvalue weighted by Crippen LogP contribution is 2.43. The lowest BCUT2D eigenvalue weighted by molar-refractivity contribution is -0.137. The minimum Gasteiger partial charge on any atom is -0.494 e. The van der Waals surface area contributed by atoms with Crippen molar-refractivity contribution >= 4 is 27.8 Å². The molecule has 0 aliphatic rings. The second kappa shape index (κ2) is 9.87. The minimum atomic E-state index is -0.782. The molecule has 2 heterocycles. The Bertz CT molecular complexity index is 1320. The molecule has 0 saturated carbocycles. The van der Waals surface area contributed by atoms with Crippen LogP contribution in [0.5, 0.6) is 5.75 Å². The number of carboxylic acid groups (broad SMARTS) is 1. The van der Waals surface area contributed by atoms with Gasteiger partial charge in [-0.3, -0.25) is 9.89 Å². The number of hydrogen-bond acceptors (Lipinski definition) is 3. The molecule has 0 aliphatic heterocycles. The molecule has 1 atom stereocenters. The number of H-pyrrole nitrogens is 1. The molecule has 0 saturated heterocycles. The molecular formula is C27H32FN3O3. The fourth-order valence-corrected chi connectivity index (χ4v) is 5.01. The molecule has 180 valence electrons. The number of benzene rings is 2. The molecule has 0 spiro atoms. The molecule has 0 amide bonds. The van der Waals surface area contributed by atoms with Crippen LogP contribution < -0.4 is 4.74 Å². The van der Waals surface area contributed by atoms with Crippen LogP contribution in [-0.2, 0) is 4.79 Å². The Hall–Kier alpha value is -3.35. The average molecular weight is 466 g/mol. The van der Waals surface area contributed by atoms with Crippen molar-refractivity contribution in [3.8, 4) is 11.4 Å². The van der Waals surface area contributed by atoms with E-state index in [1.54, 1.807) is 18.3 Å². The van der Waals surface area contributed by atoms with Crippen molar-refractivity contribution in [3.05, 3.63) is 53.6 Å². The van der Waals surface area contributed by atoms with Gasteiger partial charge in [0.25, 0.3) is 0 Å². The number of nitrogens with one attached hydrogen (secondary N) is 1. The van der Waals surface area contributed by atoms with Gasteiger partial charge in [0.05, 0.1) is 24.3 Å². The maximum Gasteiger partial charge on any atom is 0.303 e. The second-order valence-corrected chi connectivity index (χ2v) is 9.21. The third-order valence-corrected chi connectivity index (χ3v) is 6.57. The Balaban J connectivity index is 2.06. The zero-order chi connectivity index (χ0) is 24.4. The molecule has 4 rings (SSSR count). The monoisotopic (exact) mass is 465 g/mol. The number of aromatic amines is 1. The Labute approximate surface area is 198 Å². The summed E-state index contributed by atoms with van der Waals surface area (Å²) in [6.45, 7) is 6.45. The van der Waals surface area contributed by atoms with Gasteiger partial charge in [-0.25, -0.2) is 4.39 Å². The summed E-state index contributed by atoms with van der Waals surface area (Å²) in [4.78, 5) is 11.5. The largest absolute Gasteiger partial charge is 0.494 e. The Morgan fingerprint density at radius 2 is 2.03 bits per heavy atom. The molecular weight excluding hydrogens is 433 g/mol. The van der Waals surface area contributed by atoms with Gasteiger partial charge in [0.2, 0.25) is 0 Å². The van der Waals surface area contributed by atoms with Crippen LogP contribution in [0.3, 0.4) is 0 Å². The second-order valence-electron chi connectivity index (χ2n) is 9.21. The van der Waals surface area contributed by atoms with Crippen LogP contribution in [-0.4, -0.2) is 33.0 Å². The first-order valence-corrected chi connectivity index (χ1v) is 11.9. The number of fused-ring (bicyclic) bond motifs is 2. The Kier molecular flexibility index (Phi) is 6.91. The number of rotatable bonds is 10. The molecule has 2 aromatic heterocycles. The number of hydrogen-bond donors (Lipinski definition) is 2.